The van der Waals surface area contributed by atoms with Gasteiger partial charge in [-0.2, -0.15) is 11.8 Å². The molecule has 2 rings (SSSR count). The lowest BCUT2D eigenvalue weighted by atomic mass is 10.1. The molecule has 0 unspecified atom stereocenters. The average Bonchev–Trinajstić information content (AvgIpc) is 3.00. The molecule has 1 heterocycles. The van der Waals surface area contributed by atoms with Gasteiger partial charge in [0.05, 0.1) is 12.4 Å². The number of nitrogens with one attached hydrogen (secondary N) is 2. The van der Waals surface area contributed by atoms with Crippen molar-refractivity contribution in [3.05, 3.63) is 18.1 Å². The van der Waals surface area contributed by atoms with Gasteiger partial charge in [-0.25, -0.2) is 9.97 Å². The van der Waals surface area contributed by atoms with Gasteiger partial charge >= 0.3 is 0 Å². The van der Waals surface area contributed by atoms with E-state index in [0.29, 0.717) is 18.1 Å². The second-order valence-electron chi connectivity index (χ2n) is 5.49. The van der Waals surface area contributed by atoms with Gasteiger partial charge in [-0.1, -0.05) is 19.8 Å². The van der Waals surface area contributed by atoms with Crippen LogP contribution < -0.4 is 10.6 Å². The summed E-state index contributed by atoms with van der Waals surface area (Å²) >= 11 is 1.87. The predicted molar refractivity (Wildman–Crippen MR) is 87.9 cm³/mol. The molecule has 5 nitrogen and oxygen atoms in total. The van der Waals surface area contributed by atoms with Crippen molar-refractivity contribution in [1.82, 2.24) is 15.3 Å². The first kappa shape index (κ1) is 16.1. The summed E-state index contributed by atoms with van der Waals surface area (Å²) in [4.78, 5) is 20.5. The highest BCUT2D eigenvalue weighted by atomic mass is 32.2. The molecular formula is C15H24N4OS. The number of hydrogen-bond donors (Lipinski definition) is 2. The molecular weight excluding hydrogens is 284 g/mol. The highest BCUT2D eigenvalue weighted by Gasteiger charge is 2.33. The molecule has 0 bridgehead atoms. The molecule has 1 saturated carbocycles. The molecule has 0 atom stereocenters. The minimum Gasteiger partial charge on any atom is -0.369 e. The van der Waals surface area contributed by atoms with Gasteiger partial charge in [-0.05, 0) is 25.5 Å². The Balaban J connectivity index is 1.88. The fourth-order valence-corrected chi connectivity index (χ4v) is 3.51. The smallest absolute Gasteiger partial charge is 0.271 e. The lowest BCUT2D eigenvalue weighted by molar-refractivity contribution is 0.0944. The fourth-order valence-electron chi connectivity index (χ4n) is 2.59. The van der Waals surface area contributed by atoms with Gasteiger partial charge in [-0.3, -0.25) is 4.79 Å². The van der Waals surface area contributed by atoms with Crippen molar-refractivity contribution in [3.8, 4) is 0 Å². The summed E-state index contributed by atoms with van der Waals surface area (Å²) in [5, 5.41) is 6.16. The van der Waals surface area contributed by atoms with Gasteiger partial charge in [0.15, 0.2) is 0 Å². The molecule has 0 aliphatic heterocycles. The number of aromatic nitrogens is 2. The van der Waals surface area contributed by atoms with Gasteiger partial charge in [0.1, 0.15) is 11.5 Å². The van der Waals surface area contributed by atoms with Crippen LogP contribution in [0.4, 0.5) is 5.82 Å². The van der Waals surface area contributed by atoms with Crippen LogP contribution in [0.15, 0.2) is 12.4 Å². The average molecular weight is 308 g/mol. The van der Waals surface area contributed by atoms with E-state index in [4.69, 9.17) is 0 Å². The van der Waals surface area contributed by atoms with Crippen molar-refractivity contribution in [2.45, 2.75) is 43.8 Å². The van der Waals surface area contributed by atoms with Crippen molar-refractivity contribution >= 4 is 23.5 Å². The number of amides is 1. The van der Waals surface area contributed by atoms with Gasteiger partial charge in [0.25, 0.3) is 5.91 Å². The van der Waals surface area contributed by atoms with Crippen LogP contribution in [0.25, 0.3) is 0 Å². The first-order valence-corrected chi connectivity index (χ1v) is 8.81. The van der Waals surface area contributed by atoms with Gasteiger partial charge in [-0.15, -0.1) is 0 Å². The summed E-state index contributed by atoms with van der Waals surface area (Å²) in [7, 11) is 0. The van der Waals surface area contributed by atoms with E-state index in [-0.39, 0.29) is 10.7 Å². The van der Waals surface area contributed by atoms with Gasteiger partial charge in [0.2, 0.25) is 0 Å². The van der Waals surface area contributed by atoms with E-state index < -0.39 is 0 Å². The Morgan fingerprint density at radius 2 is 2.10 bits per heavy atom. The van der Waals surface area contributed by atoms with E-state index in [1.54, 1.807) is 6.20 Å². The molecule has 0 saturated heterocycles. The van der Waals surface area contributed by atoms with Crippen molar-refractivity contribution in [2.24, 2.45) is 0 Å². The minimum atomic E-state index is -0.134. The van der Waals surface area contributed by atoms with Crippen LogP contribution in [-0.4, -0.2) is 40.0 Å². The van der Waals surface area contributed by atoms with E-state index in [2.05, 4.69) is 33.8 Å². The predicted octanol–water partition coefficient (Wildman–Crippen LogP) is 2.70. The lowest BCUT2D eigenvalue weighted by Crippen LogP contribution is -2.38. The van der Waals surface area contributed by atoms with E-state index in [1.807, 2.05) is 11.8 Å². The Morgan fingerprint density at radius 3 is 2.67 bits per heavy atom. The zero-order valence-corrected chi connectivity index (χ0v) is 13.6. The summed E-state index contributed by atoms with van der Waals surface area (Å²) in [6.07, 6.45) is 11.2. The maximum Gasteiger partial charge on any atom is 0.271 e. The monoisotopic (exact) mass is 308 g/mol. The topological polar surface area (TPSA) is 66.9 Å². The Hall–Kier alpha value is -1.30. The Morgan fingerprint density at radius 1 is 1.33 bits per heavy atom. The summed E-state index contributed by atoms with van der Waals surface area (Å²) in [5.74, 6) is 0.578. The zero-order valence-electron chi connectivity index (χ0n) is 12.8. The number of thioether (sulfide) groups is 1. The number of carbonyl (C=O) groups excluding carboxylic acids is 1. The summed E-state index contributed by atoms with van der Waals surface area (Å²) < 4.78 is 0.214. The van der Waals surface area contributed by atoms with E-state index >= 15 is 0 Å². The SMILES string of the molecule is CCCNc1cnc(C(=O)NCC2(SC)CCCC2)cn1. The normalized spacial score (nSPS) is 16.7. The lowest BCUT2D eigenvalue weighted by Gasteiger charge is -2.26. The van der Waals surface area contributed by atoms with Crippen LogP contribution >= 0.6 is 11.8 Å². The summed E-state index contributed by atoms with van der Waals surface area (Å²) in [6.45, 7) is 3.66. The maximum atomic E-state index is 12.1. The van der Waals surface area contributed by atoms with Crippen molar-refractivity contribution in [2.75, 3.05) is 24.7 Å². The quantitative estimate of drug-likeness (QED) is 0.810. The molecule has 1 aliphatic carbocycles. The van der Waals surface area contributed by atoms with Crippen LogP contribution in [0, 0.1) is 0 Å². The number of anilines is 1. The molecule has 2 N–H and O–H groups in total. The zero-order chi connectivity index (χ0) is 15.1. The molecule has 1 aliphatic rings. The molecule has 6 heteroatoms. The van der Waals surface area contributed by atoms with E-state index in [0.717, 1.165) is 13.0 Å². The van der Waals surface area contributed by atoms with Crippen LogP contribution in [0.1, 0.15) is 49.5 Å². The standard InChI is InChI=1S/C15H24N4OS/c1-3-8-16-13-10-17-12(9-18-13)14(20)19-11-15(21-2)6-4-5-7-15/h9-10H,3-8,11H2,1-2H3,(H,16,18)(H,19,20). The molecule has 0 aromatic carbocycles. The molecule has 0 spiro atoms. The van der Waals surface area contributed by atoms with E-state index in [9.17, 15) is 4.79 Å². The van der Waals surface area contributed by atoms with Crippen molar-refractivity contribution in [3.63, 3.8) is 0 Å². The number of hydrogen-bond acceptors (Lipinski definition) is 5. The number of carbonyl (C=O) groups is 1. The van der Waals surface area contributed by atoms with Crippen LogP contribution in [0.2, 0.25) is 0 Å². The number of rotatable bonds is 7. The largest absolute Gasteiger partial charge is 0.369 e. The third-order valence-electron chi connectivity index (χ3n) is 3.96. The third-order valence-corrected chi connectivity index (χ3v) is 5.38. The molecule has 1 amide bonds. The third kappa shape index (κ3) is 4.33. The Labute approximate surface area is 130 Å². The Bertz CT molecular complexity index is 457. The van der Waals surface area contributed by atoms with Crippen LogP contribution in [0.3, 0.4) is 0 Å². The molecule has 21 heavy (non-hydrogen) atoms. The van der Waals surface area contributed by atoms with Crippen LogP contribution in [-0.2, 0) is 0 Å². The maximum absolute atomic E-state index is 12.1. The summed E-state index contributed by atoms with van der Waals surface area (Å²) in [6, 6.07) is 0. The molecule has 1 fully saturated rings. The highest BCUT2D eigenvalue weighted by Crippen LogP contribution is 2.39. The molecule has 1 aromatic rings. The number of nitrogens with zero attached hydrogens (tertiary/aromatic N) is 2. The highest BCUT2D eigenvalue weighted by molar-refractivity contribution is 8.00. The Kier molecular flexibility index (Phi) is 5.85. The minimum absolute atomic E-state index is 0.134. The fraction of sp³-hybridized carbons (Fsp3) is 0.667. The van der Waals surface area contributed by atoms with Gasteiger partial charge < -0.3 is 10.6 Å². The van der Waals surface area contributed by atoms with Gasteiger partial charge in [0, 0.05) is 17.8 Å². The first-order chi connectivity index (χ1) is 10.2. The van der Waals surface area contributed by atoms with Crippen molar-refractivity contribution < 1.29 is 4.79 Å². The van der Waals surface area contributed by atoms with Crippen molar-refractivity contribution in [1.29, 1.82) is 0 Å². The second-order valence-corrected chi connectivity index (χ2v) is 6.76. The van der Waals surface area contributed by atoms with Crippen LogP contribution in [0.5, 0.6) is 0 Å². The molecule has 0 radical (unpaired) electrons. The first-order valence-electron chi connectivity index (χ1n) is 7.58. The summed E-state index contributed by atoms with van der Waals surface area (Å²) in [5.41, 5.74) is 0.381. The molecule has 116 valence electrons. The van der Waals surface area contributed by atoms with E-state index in [1.165, 1.54) is 31.9 Å². The molecule has 1 aromatic heterocycles. The second kappa shape index (κ2) is 7.64.